The monoisotopic (exact) mass is 424 g/mol. The second-order valence-corrected chi connectivity index (χ2v) is 7.76. The van der Waals surface area contributed by atoms with Crippen LogP contribution < -0.4 is 9.47 Å². The maximum atomic E-state index is 5.81. The fraction of sp³-hybridized carbons (Fsp3) is 0.407. The van der Waals surface area contributed by atoms with Crippen molar-refractivity contribution in [1.29, 1.82) is 0 Å². The van der Waals surface area contributed by atoms with Crippen LogP contribution >= 0.6 is 0 Å². The summed E-state index contributed by atoms with van der Waals surface area (Å²) in [7, 11) is 0. The highest BCUT2D eigenvalue weighted by Gasteiger charge is 2.23. The molecule has 4 nitrogen and oxygen atoms in total. The highest BCUT2D eigenvalue weighted by Crippen LogP contribution is 2.33. The second-order valence-electron chi connectivity index (χ2n) is 7.76. The van der Waals surface area contributed by atoms with Gasteiger partial charge in [-0.05, 0) is 49.2 Å². The third kappa shape index (κ3) is 8.41. The van der Waals surface area contributed by atoms with Crippen molar-refractivity contribution < 1.29 is 18.9 Å². The van der Waals surface area contributed by atoms with Gasteiger partial charge in [-0.3, -0.25) is 0 Å². The largest absolute Gasteiger partial charge is 0.501 e. The van der Waals surface area contributed by atoms with Gasteiger partial charge >= 0.3 is 0 Å². The number of hydrogen-bond donors (Lipinski definition) is 0. The summed E-state index contributed by atoms with van der Waals surface area (Å²) < 4.78 is 22.2. The Labute approximate surface area is 187 Å². The van der Waals surface area contributed by atoms with Gasteiger partial charge in [0.15, 0.2) is 0 Å². The summed E-state index contributed by atoms with van der Waals surface area (Å²) in [5.74, 6) is 1.76. The van der Waals surface area contributed by atoms with Gasteiger partial charge in [0.05, 0.1) is 39.0 Å². The Hall–Kier alpha value is -2.88. The van der Waals surface area contributed by atoms with Crippen LogP contribution in [0.3, 0.4) is 0 Å². The van der Waals surface area contributed by atoms with Crippen LogP contribution in [0.15, 0.2) is 73.2 Å². The minimum atomic E-state index is -0.113. The summed E-state index contributed by atoms with van der Waals surface area (Å²) >= 11 is 0. The zero-order valence-corrected chi connectivity index (χ0v) is 19.3. The van der Waals surface area contributed by atoms with E-state index < -0.39 is 0 Å². The Morgan fingerprint density at radius 2 is 1.00 bits per heavy atom. The maximum absolute atomic E-state index is 5.81. The van der Waals surface area contributed by atoms with Crippen molar-refractivity contribution in [2.75, 3.05) is 26.4 Å². The van der Waals surface area contributed by atoms with Crippen molar-refractivity contribution >= 4 is 0 Å². The third-order valence-corrected chi connectivity index (χ3v) is 4.97. The van der Waals surface area contributed by atoms with E-state index in [0.717, 1.165) is 24.3 Å². The minimum absolute atomic E-state index is 0.113. The molecule has 0 amide bonds. The molecule has 0 heterocycles. The Kier molecular flexibility index (Phi) is 10.6. The first-order valence-electron chi connectivity index (χ1n) is 11.0. The zero-order valence-electron chi connectivity index (χ0n) is 19.3. The predicted molar refractivity (Wildman–Crippen MR) is 127 cm³/mol. The molecule has 4 heteroatoms. The van der Waals surface area contributed by atoms with Gasteiger partial charge in [0.2, 0.25) is 0 Å². The van der Waals surface area contributed by atoms with Crippen molar-refractivity contribution in [2.45, 2.75) is 46.0 Å². The summed E-state index contributed by atoms with van der Waals surface area (Å²) in [6.45, 7) is 11.0. The van der Waals surface area contributed by atoms with Crippen molar-refractivity contribution in [3.63, 3.8) is 0 Å². The van der Waals surface area contributed by atoms with Gasteiger partial charge in [-0.2, -0.15) is 0 Å². The van der Waals surface area contributed by atoms with Crippen molar-refractivity contribution in [2.24, 2.45) is 0 Å². The topological polar surface area (TPSA) is 36.9 Å². The molecule has 0 aliphatic carbocycles. The van der Waals surface area contributed by atoms with Gasteiger partial charge in [0, 0.05) is 18.3 Å². The fourth-order valence-electron chi connectivity index (χ4n) is 3.10. The minimum Gasteiger partial charge on any atom is -0.501 e. The van der Waals surface area contributed by atoms with Gasteiger partial charge in [-0.25, -0.2) is 0 Å². The van der Waals surface area contributed by atoms with Gasteiger partial charge in [-0.15, -0.1) is 0 Å². The standard InChI is InChI=1S/C27H36O4/c1-5-17-28-19-7-21-30-25-13-9-23(10-14-25)27(3,4)24-11-15-26(16-12-24)31-22-8-20-29-18-6-2/h5-6,9-18H,7-8,19-22H2,1-4H3. The lowest BCUT2D eigenvalue weighted by molar-refractivity contribution is 0.208. The lowest BCUT2D eigenvalue weighted by atomic mass is 9.78. The molecule has 0 N–H and O–H groups in total. The smallest absolute Gasteiger partial charge is 0.119 e. The molecule has 31 heavy (non-hydrogen) atoms. The number of rotatable bonds is 14. The van der Waals surface area contributed by atoms with Crippen molar-refractivity contribution in [1.82, 2.24) is 0 Å². The first-order valence-corrected chi connectivity index (χ1v) is 11.0. The molecule has 2 rings (SSSR count). The van der Waals surface area contributed by atoms with Crippen LogP contribution in [-0.2, 0) is 14.9 Å². The van der Waals surface area contributed by atoms with E-state index in [4.69, 9.17) is 18.9 Å². The number of hydrogen-bond acceptors (Lipinski definition) is 4. The molecule has 168 valence electrons. The third-order valence-electron chi connectivity index (χ3n) is 4.97. The first-order chi connectivity index (χ1) is 15.1. The Balaban J connectivity index is 1.84. The van der Waals surface area contributed by atoms with Gasteiger partial charge in [0.1, 0.15) is 11.5 Å². The summed E-state index contributed by atoms with van der Waals surface area (Å²) in [4.78, 5) is 0. The summed E-state index contributed by atoms with van der Waals surface area (Å²) in [6.07, 6.45) is 8.88. The van der Waals surface area contributed by atoms with Crippen LogP contribution in [0, 0.1) is 0 Å². The molecule has 2 aromatic rings. The van der Waals surface area contributed by atoms with Crippen LogP contribution in [0.1, 0.15) is 51.7 Å². The van der Waals surface area contributed by atoms with E-state index >= 15 is 0 Å². The first kappa shape index (κ1) is 24.4. The van der Waals surface area contributed by atoms with E-state index in [-0.39, 0.29) is 5.41 Å². The molecule has 0 aromatic heterocycles. The van der Waals surface area contributed by atoms with E-state index in [0.29, 0.717) is 26.4 Å². The normalized spacial score (nSPS) is 11.7. The molecule has 0 saturated heterocycles. The van der Waals surface area contributed by atoms with E-state index in [1.165, 1.54) is 11.1 Å². The molecule has 0 radical (unpaired) electrons. The van der Waals surface area contributed by atoms with Crippen LogP contribution in [0.2, 0.25) is 0 Å². The predicted octanol–water partition coefficient (Wildman–Crippen LogP) is 6.65. The quantitative estimate of drug-likeness (QED) is 0.251. The number of ether oxygens (including phenoxy) is 4. The Morgan fingerprint density at radius 1 is 0.613 bits per heavy atom. The maximum Gasteiger partial charge on any atom is 0.119 e. The van der Waals surface area contributed by atoms with E-state index in [1.807, 2.05) is 50.3 Å². The second kappa shape index (κ2) is 13.4. The zero-order chi connectivity index (χ0) is 22.4. The highest BCUT2D eigenvalue weighted by molar-refractivity contribution is 5.41. The van der Waals surface area contributed by atoms with Crippen LogP contribution in [0.25, 0.3) is 0 Å². The molecule has 2 aromatic carbocycles. The van der Waals surface area contributed by atoms with Crippen LogP contribution in [0.4, 0.5) is 0 Å². The van der Waals surface area contributed by atoms with Gasteiger partial charge in [-0.1, -0.05) is 50.3 Å². The molecular weight excluding hydrogens is 388 g/mol. The van der Waals surface area contributed by atoms with Crippen molar-refractivity contribution in [3.8, 4) is 11.5 Å². The molecule has 0 fully saturated rings. The van der Waals surface area contributed by atoms with Crippen molar-refractivity contribution in [3.05, 3.63) is 84.3 Å². The number of allylic oxidation sites excluding steroid dienone is 2. The van der Waals surface area contributed by atoms with Crippen LogP contribution in [0.5, 0.6) is 11.5 Å². The molecule has 0 spiro atoms. The summed E-state index contributed by atoms with van der Waals surface area (Å²) in [5, 5.41) is 0. The van der Waals surface area contributed by atoms with Crippen LogP contribution in [-0.4, -0.2) is 26.4 Å². The van der Waals surface area contributed by atoms with E-state index in [2.05, 4.69) is 38.1 Å². The molecule has 0 unspecified atom stereocenters. The lowest BCUT2D eigenvalue weighted by Crippen LogP contribution is -2.18. The molecule has 0 saturated carbocycles. The Morgan fingerprint density at radius 3 is 1.35 bits per heavy atom. The molecule has 0 bridgehead atoms. The average molecular weight is 425 g/mol. The molecule has 0 aliphatic rings. The Bertz CT molecular complexity index is 721. The SMILES string of the molecule is CC=COCCCOc1ccc(C(C)(C)c2ccc(OCCCOC=CC)cc2)cc1. The molecule has 0 aliphatic heterocycles. The van der Waals surface area contributed by atoms with E-state index in [1.54, 1.807) is 12.5 Å². The molecule has 0 atom stereocenters. The fourth-order valence-corrected chi connectivity index (χ4v) is 3.10. The van der Waals surface area contributed by atoms with Gasteiger partial charge < -0.3 is 18.9 Å². The summed E-state index contributed by atoms with van der Waals surface area (Å²) in [5.41, 5.74) is 2.37. The van der Waals surface area contributed by atoms with E-state index in [9.17, 15) is 0 Å². The van der Waals surface area contributed by atoms with Gasteiger partial charge in [0.25, 0.3) is 0 Å². The average Bonchev–Trinajstić information content (AvgIpc) is 2.79. The number of benzene rings is 2. The molecular formula is C27H36O4. The lowest BCUT2D eigenvalue weighted by Gasteiger charge is -2.26. The highest BCUT2D eigenvalue weighted by atomic mass is 16.5. The summed E-state index contributed by atoms with van der Waals surface area (Å²) in [6, 6.07) is 16.7.